The van der Waals surface area contributed by atoms with Crippen molar-refractivity contribution >= 4 is 11.8 Å². The number of anilines is 2. The molecule has 2 fully saturated rings. The van der Waals surface area contributed by atoms with E-state index >= 15 is 0 Å². The first-order chi connectivity index (χ1) is 18.2. The van der Waals surface area contributed by atoms with Gasteiger partial charge in [-0.15, -0.1) is 0 Å². The third-order valence-corrected chi connectivity index (χ3v) is 8.16. The van der Waals surface area contributed by atoms with Crippen LogP contribution in [0.3, 0.4) is 0 Å². The first-order valence-corrected chi connectivity index (χ1v) is 14.7. The van der Waals surface area contributed by atoms with Crippen LogP contribution in [0.25, 0.3) is 0 Å². The van der Waals surface area contributed by atoms with E-state index < -0.39 is 0 Å². The SMILES string of the molecule is CN(C)CCCOc1ccc(CNC2CCCC2Nc2nc3c(c(N4CCCCCC4)n2)CCC3)cc1. The van der Waals surface area contributed by atoms with Gasteiger partial charge in [0.1, 0.15) is 11.6 Å². The monoisotopic (exact) mass is 506 g/mol. The second-order valence-corrected chi connectivity index (χ2v) is 11.4. The maximum atomic E-state index is 5.89. The number of hydrogen-bond acceptors (Lipinski definition) is 7. The van der Waals surface area contributed by atoms with Gasteiger partial charge in [-0.1, -0.05) is 25.0 Å². The minimum Gasteiger partial charge on any atom is -0.494 e. The second-order valence-electron chi connectivity index (χ2n) is 11.4. The molecule has 1 aliphatic heterocycles. The van der Waals surface area contributed by atoms with Gasteiger partial charge in [-0.2, -0.15) is 4.98 Å². The summed E-state index contributed by atoms with van der Waals surface area (Å²) in [6, 6.07) is 9.36. The summed E-state index contributed by atoms with van der Waals surface area (Å²) in [4.78, 5) is 14.9. The summed E-state index contributed by atoms with van der Waals surface area (Å²) >= 11 is 0. The van der Waals surface area contributed by atoms with Gasteiger partial charge in [-0.25, -0.2) is 4.98 Å². The van der Waals surface area contributed by atoms with Gasteiger partial charge >= 0.3 is 0 Å². The Kier molecular flexibility index (Phi) is 9.16. The Morgan fingerprint density at radius 2 is 1.70 bits per heavy atom. The average molecular weight is 507 g/mol. The molecule has 1 aromatic carbocycles. The number of rotatable bonds is 11. The van der Waals surface area contributed by atoms with Gasteiger partial charge in [-0.3, -0.25) is 0 Å². The standard InChI is InChI=1S/C30H46N6O/c1-35(2)18-9-21-37-24-16-14-23(15-17-24)22-31-27-12-8-13-28(27)33-30-32-26-11-7-10-25(26)29(34-30)36-19-5-3-4-6-20-36/h14-17,27-28,31H,3-13,18-22H2,1-2H3,(H,32,33,34). The van der Waals surface area contributed by atoms with Crippen molar-refractivity contribution in [3.05, 3.63) is 41.1 Å². The van der Waals surface area contributed by atoms with Crippen molar-refractivity contribution in [2.45, 2.75) is 89.3 Å². The quantitative estimate of drug-likeness (QED) is 0.425. The lowest BCUT2D eigenvalue weighted by atomic mass is 10.1. The van der Waals surface area contributed by atoms with Crippen molar-refractivity contribution in [2.24, 2.45) is 0 Å². The van der Waals surface area contributed by atoms with Gasteiger partial charge in [0.2, 0.25) is 5.95 Å². The molecule has 5 rings (SSSR count). The molecule has 1 aromatic heterocycles. The molecule has 1 saturated carbocycles. The maximum Gasteiger partial charge on any atom is 0.225 e. The van der Waals surface area contributed by atoms with Crippen LogP contribution in [0.5, 0.6) is 5.75 Å². The summed E-state index contributed by atoms with van der Waals surface area (Å²) in [5.74, 6) is 3.02. The first-order valence-electron chi connectivity index (χ1n) is 14.7. The molecule has 0 bridgehead atoms. The van der Waals surface area contributed by atoms with Crippen molar-refractivity contribution < 1.29 is 4.74 Å². The number of nitrogens with one attached hydrogen (secondary N) is 2. The Labute approximate surface area is 223 Å². The zero-order valence-electron chi connectivity index (χ0n) is 23.0. The number of aryl methyl sites for hydroxylation is 1. The van der Waals surface area contributed by atoms with Crippen LogP contribution in [0.15, 0.2) is 24.3 Å². The Balaban J connectivity index is 1.17. The molecule has 37 heavy (non-hydrogen) atoms. The Morgan fingerprint density at radius 1 is 0.919 bits per heavy atom. The summed E-state index contributed by atoms with van der Waals surface area (Å²) in [6.45, 7) is 4.95. The number of ether oxygens (including phenoxy) is 1. The Hall–Kier alpha value is -2.38. The molecule has 202 valence electrons. The maximum absolute atomic E-state index is 5.89. The highest BCUT2D eigenvalue weighted by Gasteiger charge is 2.29. The Morgan fingerprint density at radius 3 is 2.49 bits per heavy atom. The predicted molar refractivity (Wildman–Crippen MR) is 152 cm³/mol. The van der Waals surface area contributed by atoms with Gasteiger partial charge < -0.3 is 25.2 Å². The molecule has 7 heteroatoms. The van der Waals surface area contributed by atoms with Crippen LogP contribution in [0.1, 0.15) is 74.6 Å². The molecule has 0 amide bonds. The third-order valence-electron chi connectivity index (χ3n) is 8.16. The van der Waals surface area contributed by atoms with Crippen molar-refractivity contribution in [3.63, 3.8) is 0 Å². The van der Waals surface area contributed by atoms with E-state index in [9.17, 15) is 0 Å². The predicted octanol–water partition coefficient (Wildman–Crippen LogP) is 4.80. The van der Waals surface area contributed by atoms with Crippen LogP contribution < -0.4 is 20.3 Å². The molecule has 0 spiro atoms. The van der Waals surface area contributed by atoms with Crippen LogP contribution in [-0.2, 0) is 19.4 Å². The van der Waals surface area contributed by atoms with Gasteiger partial charge in [0.05, 0.1) is 12.3 Å². The van der Waals surface area contributed by atoms with Gasteiger partial charge in [0.25, 0.3) is 0 Å². The minimum absolute atomic E-state index is 0.371. The number of nitrogens with zero attached hydrogens (tertiary/aromatic N) is 4. The number of aromatic nitrogens is 2. The minimum atomic E-state index is 0.371. The van der Waals surface area contributed by atoms with Crippen LogP contribution >= 0.6 is 0 Å². The van der Waals surface area contributed by atoms with Crippen molar-refractivity contribution in [1.82, 2.24) is 20.2 Å². The highest BCUT2D eigenvalue weighted by molar-refractivity contribution is 5.54. The van der Waals surface area contributed by atoms with Crippen LogP contribution in [-0.4, -0.2) is 67.3 Å². The van der Waals surface area contributed by atoms with E-state index in [-0.39, 0.29) is 0 Å². The lowest BCUT2D eigenvalue weighted by molar-refractivity contribution is 0.281. The molecule has 0 radical (unpaired) electrons. The number of hydrogen-bond donors (Lipinski definition) is 2. The van der Waals surface area contributed by atoms with Crippen molar-refractivity contribution in [3.8, 4) is 5.75 Å². The zero-order chi connectivity index (χ0) is 25.5. The topological polar surface area (TPSA) is 65.6 Å². The summed E-state index contributed by atoms with van der Waals surface area (Å²) in [5.41, 5.74) is 3.99. The van der Waals surface area contributed by atoms with Crippen molar-refractivity contribution in [2.75, 3.05) is 50.6 Å². The van der Waals surface area contributed by atoms with E-state index in [0.29, 0.717) is 12.1 Å². The van der Waals surface area contributed by atoms with Gasteiger partial charge in [0, 0.05) is 43.8 Å². The fourth-order valence-corrected chi connectivity index (χ4v) is 6.09. The highest BCUT2D eigenvalue weighted by Crippen LogP contribution is 2.32. The van der Waals surface area contributed by atoms with Crippen molar-refractivity contribution in [1.29, 1.82) is 0 Å². The lowest BCUT2D eigenvalue weighted by Gasteiger charge is -2.26. The van der Waals surface area contributed by atoms with Gasteiger partial charge in [0.15, 0.2) is 0 Å². The third kappa shape index (κ3) is 7.14. The summed E-state index contributed by atoms with van der Waals surface area (Å²) in [5, 5.41) is 7.58. The zero-order valence-corrected chi connectivity index (χ0v) is 23.0. The van der Waals surface area contributed by atoms with Gasteiger partial charge in [-0.05, 0) is 89.6 Å². The van der Waals surface area contributed by atoms with E-state index in [1.807, 2.05) is 0 Å². The normalized spacial score (nSPS) is 21.8. The molecule has 1 saturated heterocycles. The van der Waals surface area contributed by atoms with E-state index in [4.69, 9.17) is 14.7 Å². The molecular formula is C30H46N6O. The highest BCUT2D eigenvalue weighted by atomic mass is 16.5. The molecule has 3 aliphatic rings. The lowest BCUT2D eigenvalue weighted by Crippen LogP contribution is -2.40. The van der Waals surface area contributed by atoms with Crippen LogP contribution in [0.2, 0.25) is 0 Å². The fourth-order valence-electron chi connectivity index (χ4n) is 6.09. The number of fused-ring (bicyclic) bond motifs is 1. The van der Waals surface area contributed by atoms with E-state index in [2.05, 4.69) is 58.8 Å². The van der Waals surface area contributed by atoms with E-state index in [1.54, 1.807) is 0 Å². The second kappa shape index (κ2) is 12.9. The smallest absolute Gasteiger partial charge is 0.225 e. The summed E-state index contributed by atoms with van der Waals surface area (Å²) < 4.78 is 5.89. The van der Waals surface area contributed by atoms with Crippen LogP contribution in [0, 0.1) is 0 Å². The first kappa shape index (κ1) is 26.2. The molecule has 2 N–H and O–H groups in total. The van der Waals surface area contributed by atoms with E-state index in [0.717, 1.165) is 70.2 Å². The molecular weight excluding hydrogens is 460 g/mol. The summed E-state index contributed by atoms with van der Waals surface area (Å²) in [7, 11) is 4.19. The molecule has 2 aliphatic carbocycles. The molecule has 7 nitrogen and oxygen atoms in total. The summed E-state index contributed by atoms with van der Waals surface area (Å²) in [6.07, 6.45) is 13.3. The molecule has 2 heterocycles. The fraction of sp³-hybridized carbons (Fsp3) is 0.667. The molecule has 2 atom stereocenters. The molecule has 2 aromatic rings. The molecule has 2 unspecified atom stereocenters. The van der Waals surface area contributed by atoms with E-state index in [1.165, 1.54) is 67.6 Å². The largest absolute Gasteiger partial charge is 0.494 e. The number of benzene rings is 1. The Bertz CT molecular complexity index is 986. The average Bonchev–Trinajstić information content (AvgIpc) is 3.47. The van der Waals surface area contributed by atoms with Crippen LogP contribution in [0.4, 0.5) is 11.8 Å².